The maximum Gasteiger partial charge on any atom is 0.119 e. The SMILES string of the molecule is COc1ccc(C2=NN(C3CCN(Cc4ccc(CN)cc4)CC3)Cc3cc(OC)ccc32)cc1. The van der Waals surface area contributed by atoms with Crippen LogP contribution < -0.4 is 15.2 Å². The number of piperidine rings is 1. The van der Waals surface area contributed by atoms with Gasteiger partial charge >= 0.3 is 0 Å². The number of rotatable bonds is 7. The Kier molecular flexibility index (Phi) is 7.02. The van der Waals surface area contributed by atoms with Crippen molar-refractivity contribution in [3.8, 4) is 11.5 Å². The smallest absolute Gasteiger partial charge is 0.119 e. The molecule has 0 amide bonds. The van der Waals surface area contributed by atoms with Gasteiger partial charge in [0.2, 0.25) is 0 Å². The molecule has 0 spiro atoms. The van der Waals surface area contributed by atoms with Crippen molar-refractivity contribution in [3.63, 3.8) is 0 Å². The van der Waals surface area contributed by atoms with E-state index in [2.05, 4.69) is 58.4 Å². The molecule has 6 nitrogen and oxygen atoms in total. The van der Waals surface area contributed by atoms with Crippen molar-refractivity contribution in [3.05, 3.63) is 94.5 Å². The highest BCUT2D eigenvalue weighted by molar-refractivity contribution is 6.14. The molecular weight excluding hydrogens is 436 g/mol. The first-order valence-corrected chi connectivity index (χ1v) is 12.3. The summed E-state index contributed by atoms with van der Waals surface area (Å²) in [5.74, 6) is 1.73. The summed E-state index contributed by atoms with van der Waals surface area (Å²) in [4.78, 5) is 2.54. The molecule has 1 fully saturated rings. The van der Waals surface area contributed by atoms with Crippen LogP contribution in [0, 0.1) is 0 Å². The number of fused-ring (bicyclic) bond motifs is 1. The second kappa shape index (κ2) is 10.5. The predicted molar refractivity (Wildman–Crippen MR) is 140 cm³/mol. The van der Waals surface area contributed by atoms with Gasteiger partial charge in [0.05, 0.1) is 26.5 Å². The summed E-state index contributed by atoms with van der Waals surface area (Å²) in [5.41, 5.74) is 12.8. The summed E-state index contributed by atoms with van der Waals surface area (Å²) >= 11 is 0. The standard InChI is InChI=1S/C29H34N4O2/c1-34-26-9-7-23(8-10-26)29-28-12-11-27(35-2)17-24(28)20-33(31-29)25-13-15-32(16-14-25)19-22-5-3-21(18-30)4-6-22/h3-12,17,25H,13-16,18-20,30H2,1-2H3. The number of benzene rings is 3. The minimum atomic E-state index is 0.415. The van der Waals surface area contributed by atoms with E-state index >= 15 is 0 Å². The maximum atomic E-state index is 5.74. The van der Waals surface area contributed by atoms with Crippen LogP contribution in [0.1, 0.15) is 40.7 Å². The fourth-order valence-electron chi connectivity index (χ4n) is 5.04. The zero-order valence-corrected chi connectivity index (χ0v) is 20.6. The van der Waals surface area contributed by atoms with Gasteiger partial charge in [0.15, 0.2) is 0 Å². The molecule has 0 radical (unpaired) electrons. The largest absolute Gasteiger partial charge is 0.497 e. The van der Waals surface area contributed by atoms with Crippen LogP contribution in [-0.2, 0) is 19.6 Å². The first-order chi connectivity index (χ1) is 17.2. The van der Waals surface area contributed by atoms with E-state index < -0.39 is 0 Å². The molecule has 0 aliphatic carbocycles. The summed E-state index contributed by atoms with van der Waals surface area (Å²) in [6, 6.07) is 23.6. The number of likely N-dealkylation sites (tertiary alicyclic amines) is 1. The Balaban J connectivity index is 1.33. The summed E-state index contributed by atoms with van der Waals surface area (Å²) < 4.78 is 10.9. The Morgan fingerprint density at radius 1 is 0.857 bits per heavy atom. The zero-order valence-electron chi connectivity index (χ0n) is 20.6. The lowest BCUT2D eigenvalue weighted by Gasteiger charge is -2.39. The van der Waals surface area contributed by atoms with E-state index in [-0.39, 0.29) is 0 Å². The molecule has 0 saturated carbocycles. The third-order valence-corrected chi connectivity index (χ3v) is 7.14. The second-order valence-corrected chi connectivity index (χ2v) is 9.33. The molecular formula is C29H34N4O2. The van der Waals surface area contributed by atoms with Gasteiger partial charge in [-0.25, -0.2) is 0 Å². The van der Waals surface area contributed by atoms with E-state index in [4.69, 9.17) is 20.3 Å². The third-order valence-electron chi connectivity index (χ3n) is 7.14. The number of ether oxygens (including phenoxy) is 2. The minimum Gasteiger partial charge on any atom is -0.497 e. The highest BCUT2D eigenvalue weighted by atomic mass is 16.5. The van der Waals surface area contributed by atoms with Gasteiger partial charge in [0.25, 0.3) is 0 Å². The Labute approximate surface area is 208 Å². The number of nitrogens with zero attached hydrogens (tertiary/aromatic N) is 3. The van der Waals surface area contributed by atoms with E-state index in [9.17, 15) is 0 Å². The lowest BCUT2D eigenvalue weighted by atomic mass is 9.94. The molecule has 2 aliphatic heterocycles. The van der Waals surface area contributed by atoms with Gasteiger partial charge < -0.3 is 15.2 Å². The monoisotopic (exact) mass is 470 g/mol. The van der Waals surface area contributed by atoms with Crippen LogP contribution in [-0.4, -0.2) is 49.0 Å². The Hall–Kier alpha value is -3.35. The molecule has 0 bridgehead atoms. The van der Waals surface area contributed by atoms with Crippen molar-refractivity contribution in [2.75, 3.05) is 27.3 Å². The number of hydrogen-bond acceptors (Lipinski definition) is 6. The fraction of sp³-hybridized carbons (Fsp3) is 0.345. The number of hydrogen-bond donors (Lipinski definition) is 1. The van der Waals surface area contributed by atoms with E-state index in [1.807, 2.05) is 18.2 Å². The van der Waals surface area contributed by atoms with Gasteiger partial charge in [-0.2, -0.15) is 5.10 Å². The zero-order chi connectivity index (χ0) is 24.2. The Morgan fingerprint density at radius 3 is 2.17 bits per heavy atom. The van der Waals surface area contributed by atoms with Gasteiger partial charge in [0, 0.05) is 43.3 Å². The molecule has 1 saturated heterocycles. The van der Waals surface area contributed by atoms with Crippen LogP contribution in [0.3, 0.4) is 0 Å². The minimum absolute atomic E-state index is 0.415. The van der Waals surface area contributed by atoms with Crippen molar-refractivity contribution in [1.82, 2.24) is 9.91 Å². The average molecular weight is 471 g/mol. The molecule has 182 valence electrons. The summed E-state index contributed by atoms with van der Waals surface area (Å²) in [6.07, 6.45) is 2.19. The molecule has 0 unspecified atom stereocenters. The van der Waals surface area contributed by atoms with Crippen LogP contribution in [0.2, 0.25) is 0 Å². The van der Waals surface area contributed by atoms with Crippen LogP contribution in [0.5, 0.6) is 11.5 Å². The number of nitrogens with two attached hydrogens (primary N) is 1. The van der Waals surface area contributed by atoms with E-state index in [1.165, 1.54) is 22.3 Å². The normalized spacial score (nSPS) is 16.5. The number of methoxy groups -OCH3 is 2. The van der Waals surface area contributed by atoms with E-state index in [0.717, 1.165) is 61.8 Å². The first kappa shape index (κ1) is 23.4. The third kappa shape index (κ3) is 5.19. The molecule has 2 N–H and O–H groups in total. The molecule has 35 heavy (non-hydrogen) atoms. The molecule has 0 aromatic heterocycles. The van der Waals surface area contributed by atoms with Crippen molar-refractivity contribution in [1.29, 1.82) is 0 Å². The topological polar surface area (TPSA) is 63.3 Å². The van der Waals surface area contributed by atoms with Crippen molar-refractivity contribution in [2.24, 2.45) is 10.8 Å². The van der Waals surface area contributed by atoms with Crippen molar-refractivity contribution in [2.45, 2.75) is 38.5 Å². The summed E-state index contributed by atoms with van der Waals surface area (Å²) in [6.45, 7) is 4.52. The Morgan fingerprint density at radius 2 is 1.51 bits per heavy atom. The van der Waals surface area contributed by atoms with Gasteiger partial charge in [0.1, 0.15) is 11.5 Å². The summed E-state index contributed by atoms with van der Waals surface area (Å²) in [7, 11) is 3.41. The molecule has 6 heteroatoms. The molecule has 0 atom stereocenters. The predicted octanol–water partition coefficient (Wildman–Crippen LogP) is 4.40. The second-order valence-electron chi connectivity index (χ2n) is 9.33. The van der Waals surface area contributed by atoms with E-state index in [1.54, 1.807) is 14.2 Å². The van der Waals surface area contributed by atoms with Crippen molar-refractivity contribution >= 4 is 5.71 Å². The molecule has 3 aromatic carbocycles. The van der Waals surface area contributed by atoms with Gasteiger partial charge in [-0.15, -0.1) is 0 Å². The average Bonchev–Trinajstić information content (AvgIpc) is 2.93. The van der Waals surface area contributed by atoms with Crippen LogP contribution >= 0.6 is 0 Å². The number of hydrazone groups is 1. The van der Waals surface area contributed by atoms with Crippen LogP contribution in [0.4, 0.5) is 0 Å². The van der Waals surface area contributed by atoms with Gasteiger partial charge in [-0.3, -0.25) is 9.91 Å². The van der Waals surface area contributed by atoms with Gasteiger partial charge in [-0.1, -0.05) is 24.3 Å². The van der Waals surface area contributed by atoms with E-state index in [0.29, 0.717) is 12.6 Å². The summed E-state index contributed by atoms with van der Waals surface area (Å²) in [5, 5.41) is 7.49. The molecule has 3 aromatic rings. The molecule has 2 heterocycles. The van der Waals surface area contributed by atoms with Crippen LogP contribution in [0.25, 0.3) is 0 Å². The first-order valence-electron chi connectivity index (χ1n) is 12.3. The highest BCUT2D eigenvalue weighted by Crippen LogP contribution is 2.30. The molecule has 2 aliphatic rings. The Bertz CT molecular complexity index is 1170. The maximum absolute atomic E-state index is 5.74. The van der Waals surface area contributed by atoms with Crippen LogP contribution in [0.15, 0.2) is 71.8 Å². The lowest BCUT2D eigenvalue weighted by molar-refractivity contribution is 0.100. The van der Waals surface area contributed by atoms with Gasteiger partial charge in [-0.05, 0) is 72.0 Å². The lowest BCUT2D eigenvalue weighted by Crippen LogP contribution is -2.44. The highest BCUT2D eigenvalue weighted by Gasteiger charge is 2.29. The molecule has 5 rings (SSSR count). The quantitative estimate of drug-likeness (QED) is 0.555. The fourth-order valence-corrected chi connectivity index (χ4v) is 5.04. The van der Waals surface area contributed by atoms with Crippen molar-refractivity contribution < 1.29 is 9.47 Å².